The van der Waals surface area contributed by atoms with Gasteiger partial charge in [0, 0.05) is 12.1 Å². The van der Waals surface area contributed by atoms with Crippen LogP contribution in [0.2, 0.25) is 0 Å². The zero-order valence-electron chi connectivity index (χ0n) is 13.3. The molecule has 0 bridgehead atoms. The number of amides is 1. The molecule has 1 heterocycles. The van der Waals surface area contributed by atoms with E-state index in [1.54, 1.807) is 12.1 Å². The standard InChI is InChI=1S/C17H18F3N3O/c1-11(2)9-21-15-8-7-14(10-22-15)23-16(24)12-3-5-13(6-4-12)17(18,19)20/h3-8,10-11H,9H2,1-2H3,(H,21,22)(H,23,24). The third-order valence-corrected chi connectivity index (χ3v) is 3.19. The number of halogens is 3. The first-order valence-electron chi connectivity index (χ1n) is 7.44. The maximum Gasteiger partial charge on any atom is 0.416 e. The Labute approximate surface area is 138 Å². The maximum atomic E-state index is 12.5. The third-order valence-electron chi connectivity index (χ3n) is 3.19. The first-order chi connectivity index (χ1) is 11.3. The van der Waals surface area contributed by atoms with Gasteiger partial charge in [-0.3, -0.25) is 4.79 Å². The van der Waals surface area contributed by atoms with E-state index in [0.717, 1.165) is 30.8 Å². The molecule has 2 N–H and O–H groups in total. The fourth-order valence-corrected chi connectivity index (χ4v) is 1.89. The van der Waals surface area contributed by atoms with Crippen molar-refractivity contribution in [3.63, 3.8) is 0 Å². The van der Waals surface area contributed by atoms with E-state index in [2.05, 4.69) is 29.5 Å². The van der Waals surface area contributed by atoms with Gasteiger partial charge in [0.1, 0.15) is 5.82 Å². The number of carbonyl (C=O) groups is 1. The summed E-state index contributed by atoms with van der Waals surface area (Å²) in [5.74, 6) is 0.676. The molecule has 0 aliphatic rings. The molecule has 4 nitrogen and oxygen atoms in total. The van der Waals surface area contributed by atoms with Gasteiger partial charge in [0.05, 0.1) is 17.4 Å². The molecule has 1 aromatic heterocycles. The topological polar surface area (TPSA) is 54.0 Å². The summed E-state index contributed by atoms with van der Waals surface area (Å²) in [7, 11) is 0. The second-order valence-electron chi connectivity index (χ2n) is 5.74. The molecule has 0 radical (unpaired) electrons. The number of nitrogens with one attached hydrogen (secondary N) is 2. The number of pyridine rings is 1. The highest BCUT2D eigenvalue weighted by Gasteiger charge is 2.30. The predicted molar refractivity (Wildman–Crippen MR) is 87.0 cm³/mol. The minimum Gasteiger partial charge on any atom is -0.370 e. The molecule has 0 aliphatic heterocycles. The summed E-state index contributed by atoms with van der Waals surface area (Å²) < 4.78 is 37.5. The Morgan fingerprint density at radius 2 is 1.79 bits per heavy atom. The van der Waals surface area contributed by atoms with Gasteiger partial charge in [-0.25, -0.2) is 4.98 Å². The van der Waals surface area contributed by atoms with E-state index < -0.39 is 17.6 Å². The molecule has 1 aromatic carbocycles. The van der Waals surface area contributed by atoms with Crippen LogP contribution in [-0.2, 0) is 6.18 Å². The second-order valence-corrected chi connectivity index (χ2v) is 5.74. The molecule has 0 unspecified atom stereocenters. The molecular weight excluding hydrogens is 319 g/mol. The van der Waals surface area contributed by atoms with Crippen LogP contribution in [0.4, 0.5) is 24.7 Å². The summed E-state index contributed by atoms with van der Waals surface area (Å²) in [6.45, 7) is 4.93. The summed E-state index contributed by atoms with van der Waals surface area (Å²) in [6, 6.07) is 7.45. The molecule has 0 spiro atoms. The number of hydrogen-bond acceptors (Lipinski definition) is 3. The number of rotatable bonds is 5. The van der Waals surface area contributed by atoms with Crippen molar-refractivity contribution in [3.05, 3.63) is 53.7 Å². The first kappa shape index (κ1) is 17.8. The van der Waals surface area contributed by atoms with Crippen molar-refractivity contribution in [1.82, 2.24) is 4.98 Å². The van der Waals surface area contributed by atoms with Gasteiger partial charge in [-0.1, -0.05) is 13.8 Å². The quantitative estimate of drug-likeness (QED) is 0.849. The van der Waals surface area contributed by atoms with E-state index >= 15 is 0 Å². The van der Waals surface area contributed by atoms with Crippen molar-refractivity contribution in [2.24, 2.45) is 5.92 Å². The van der Waals surface area contributed by atoms with Gasteiger partial charge in [0.15, 0.2) is 0 Å². The van der Waals surface area contributed by atoms with Gasteiger partial charge in [-0.2, -0.15) is 13.2 Å². The molecular formula is C17H18F3N3O. The van der Waals surface area contributed by atoms with Gasteiger partial charge < -0.3 is 10.6 Å². The number of aromatic nitrogens is 1. The van der Waals surface area contributed by atoms with Crippen LogP contribution in [0.1, 0.15) is 29.8 Å². The van der Waals surface area contributed by atoms with Crippen molar-refractivity contribution in [3.8, 4) is 0 Å². The summed E-state index contributed by atoms with van der Waals surface area (Å²) >= 11 is 0. The van der Waals surface area contributed by atoms with Crippen molar-refractivity contribution in [2.75, 3.05) is 17.2 Å². The highest BCUT2D eigenvalue weighted by atomic mass is 19.4. The van der Waals surface area contributed by atoms with E-state index in [-0.39, 0.29) is 5.56 Å². The van der Waals surface area contributed by atoms with Crippen molar-refractivity contribution in [1.29, 1.82) is 0 Å². The number of nitrogens with zero attached hydrogens (tertiary/aromatic N) is 1. The predicted octanol–water partition coefficient (Wildman–Crippen LogP) is 4.42. The number of alkyl halides is 3. The Hall–Kier alpha value is -2.57. The summed E-state index contributed by atoms with van der Waals surface area (Å²) in [4.78, 5) is 16.2. The van der Waals surface area contributed by atoms with Gasteiger partial charge in [0.25, 0.3) is 5.91 Å². The zero-order chi connectivity index (χ0) is 17.7. The minimum atomic E-state index is -4.42. The first-order valence-corrected chi connectivity index (χ1v) is 7.44. The normalized spacial score (nSPS) is 11.4. The Bertz CT molecular complexity index is 680. The lowest BCUT2D eigenvalue weighted by Crippen LogP contribution is -2.13. The van der Waals surface area contributed by atoms with Crippen molar-refractivity contribution < 1.29 is 18.0 Å². The van der Waals surface area contributed by atoms with Crippen LogP contribution >= 0.6 is 0 Å². The smallest absolute Gasteiger partial charge is 0.370 e. The Kier molecular flexibility index (Phi) is 5.43. The fraction of sp³-hybridized carbons (Fsp3) is 0.294. The largest absolute Gasteiger partial charge is 0.416 e. The summed E-state index contributed by atoms with van der Waals surface area (Å²) in [5, 5.41) is 5.74. The molecule has 0 atom stereocenters. The van der Waals surface area contributed by atoms with E-state index in [0.29, 0.717) is 17.4 Å². The molecule has 0 saturated carbocycles. The van der Waals surface area contributed by atoms with E-state index in [1.165, 1.54) is 6.20 Å². The average Bonchev–Trinajstić information content (AvgIpc) is 2.53. The van der Waals surface area contributed by atoms with Gasteiger partial charge in [-0.05, 0) is 42.3 Å². The Morgan fingerprint density at radius 1 is 1.12 bits per heavy atom. The second kappa shape index (κ2) is 7.33. The van der Waals surface area contributed by atoms with E-state index in [9.17, 15) is 18.0 Å². The molecule has 2 rings (SSSR count). The van der Waals surface area contributed by atoms with Gasteiger partial charge >= 0.3 is 6.18 Å². The molecule has 24 heavy (non-hydrogen) atoms. The number of carbonyl (C=O) groups excluding carboxylic acids is 1. The third kappa shape index (κ3) is 4.97. The van der Waals surface area contributed by atoms with Crippen LogP contribution in [0.15, 0.2) is 42.6 Å². The SMILES string of the molecule is CC(C)CNc1ccc(NC(=O)c2ccc(C(F)(F)F)cc2)cn1. The summed E-state index contributed by atoms with van der Waals surface area (Å²) in [5.41, 5.74) is -0.179. The van der Waals surface area contributed by atoms with Gasteiger partial charge in [0.2, 0.25) is 0 Å². The van der Waals surface area contributed by atoms with Crippen LogP contribution in [0.5, 0.6) is 0 Å². The molecule has 2 aromatic rings. The fourth-order valence-electron chi connectivity index (χ4n) is 1.89. The monoisotopic (exact) mass is 337 g/mol. The molecule has 0 aliphatic carbocycles. The van der Waals surface area contributed by atoms with Crippen molar-refractivity contribution in [2.45, 2.75) is 20.0 Å². The number of hydrogen-bond donors (Lipinski definition) is 2. The van der Waals surface area contributed by atoms with E-state index in [1.807, 2.05) is 0 Å². The zero-order valence-corrected chi connectivity index (χ0v) is 13.3. The van der Waals surface area contributed by atoms with Crippen molar-refractivity contribution >= 4 is 17.4 Å². The van der Waals surface area contributed by atoms with Crippen LogP contribution in [0.3, 0.4) is 0 Å². The summed E-state index contributed by atoms with van der Waals surface area (Å²) in [6.07, 6.45) is -2.93. The van der Waals surface area contributed by atoms with Crippen LogP contribution in [-0.4, -0.2) is 17.4 Å². The van der Waals surface area contributed by atoms with Crippen LogP contribution in [0.25, 0.3) is 0 Å². The Balaban J connectivity index is 1.99. The molecule has 0 saturated heterocycles. The Morgan fingerprint density at radius 3 is 2.29 bits per heavy atom. The highest BCUT2D eigenvalue weighted by molar-refractivity contribution is 6.04. The number of anilines is 2. The molecule has 0 fully saturated rings. The number of benzene rings is 1. The van der Waals surface area contributed by atoms with Crippen LogP contribution < -0.4 is 10.6 Å². The van der Waals surface area contributed by atoms with E-state index in [4.69, 9.17) is 0 Å². The highest BCUT2D eigenvalue weighted by Crippen LogP contribution is 2.29. The average molecular weight is 337 g/mol. The molecule has 1 amide bonds. The maximum absolute atomic E-state index is 12.5. The van der Waals surface area contributed by atoms with Crippen LogP contribution in [0, 0.1) is 5.92 Å². The lowest BCUT2D eigenvalue weighted by molar-refractivity contribution is -0.137. The lowest BCUT2D eigenvalue weighted by atomic mass is 10.1. The molecule has 128 valence electrons. The molecule has 7 heteroatoms. The van der Waals surface area contributed by atoms with Gasteiger partial charge in [-0.15, -0.1) is 0 Å². The lowest BCUT2D eigenvalue weighted by Gasteiger charge is -2.10. The minimum absolute atomic E-state index is 0.144.